The molecule has 3 heterocycles. The molecule has 1 N–H and O–H groups in total. The molecule has 0 aromatic heterocycles. The summed E-state index contributed by atoms with van der Waals surface area (Å²) in [7, 11) is 0. The Bertz CT molecular complexity index is 770. The molecule has 2 saturated heterocycles. The highest BCUT2D eigenvalue weighted by Crippen LogP contribution is 2.52. The number of carbonyl (C=O) groups excluding carboxylic acids is 3. The second-order valence-corrected chi connectivity index (χ2v) is 6.16. The zero-order valence-corrected chi connectivity index (χ0v) is 12.8. The van der Waals surface area contributed by atoms with Crippen LogP contribution in [0.2, 0.25) is 0 Å². The SMILES string of the molecule is CC(=O)Oc1ccc(N2C(=O)[C@@H]3[C@@H]4C=C[C@@](CO)(O4)[C@@H]3C2=O)cc1. The normalized spacial score (nSPS) is 33.2. The average molecular weight is 329 g/mol. The summed E-state index contributed by atoms with van der Waals surface area (Å²) in [6.45, 7) is 0.944. The molecule has 24 heavy (non-hydrogen) atoms. The highest BCUT2D eigenvalue weighted by atomic mass is 16.5. The van der Waals surface area contributed by atoms with E-state index < -0.39 is 29.5 Å². The molecule has 0 radical (unpaired) electrons. The molecule has 3 aliphatic heterocycles. The van der Waals surface area contributed by atoms with Gasteiger partial charge in [0.25, 0.3) is 0 Å². The summed E-state index contributed by atoms with van der Waals surface area (Å²) in [5.74, 6) is -2.15. The van der Waals surface area contributed by atoms with Gasteiger partial charge in [0.15, 0.2) is 0 Å². The van der Waals surface area contributed by atoms with Gasteiger partial charge in [0.2, 0.25) is 11.8 Å². The first-order valence-corrected chi connectivity index (χ1v) is 7.61. The second kappa shape index (κ2) is 4.99. The van der Waals surface area contributed by atoms with Gasteiger partial charge in [0, 0.05) is 6.92 Å². The van der Waals surface area contributed by atoms with E-state index in [0.29, 0.717) is 11.4 Å². The van der Waals surface area contributed by atoms with Crippen LogP contribution in [0.15, 0.2) is 36.4 Å². The maximum atomic E-state index is 12.8. The number of benzene rings is 1. The first-order chi connectivity index (χ1) is 11.5. The number of amides is 2. The molecule has 3 aliphatic rings. The summed E-state index contributed by atoms with van der Waals surface area (Å²) in [5, 5.41) is 9.66. The molecule has 2 fully saturated rings. The van der Waals surface area contributed by atoms with E-state index in [0.717, 1.165) is 4.90 Å². The number of ether oxygens (including phenoxy) is 2. The van der Waals surface area contributed by atoms with Crippen molar-refractivity contribution in [1.82, 2.24) is 0 Å². The van der Waals surface area contributed by atoms with Crippen LogP contribution in [-0.4, -0.2) is 41.2 Å². The predicted octanol–water partition coefficient (Wildman–Crippen LogP) is 0.417. The predicted molar refractivity (Wildman–Crippen MR) is 81.1 cm³/mol. The van der Waals surface area contributed by atoms with Gasteiger partial charge in [-0.05, 0) is 24.3 Å². The van der Waals surface area contributed by atoms with Crippen LogP contribution < -0.4 is 9.64 Å². The van der Waals surface area contributed by atoms with Crippen LogP contribution in [0, 0.1) is 11.8 Å². The minimum absolute atomic E-state index is 0.336. The van der Waals surface area contributed by atoms with Crippen molar-refractivity contribution in [3.05, 3.63) is 36.4 Å². The van der Waals surface area contributed by atoms with E-state index in [1.165, 1.54) is 19.1 Å². The largest absolute Gasteiger partial charge is 0.427 e. The summed E-state index contributed by atoms with van der Waals surface area (Å²) in [6.07, 6.45) is 2.93. The van der Waals surface area contributed by atoms with Crippen molar-refractivity contribution in [3.8, 4) is 5.75 Å². The Morgan fingerprint density at radius 1 is 1.29 bits per heavy atom. The van der Waals surface area contributed by atoms with E-state index in [4.69, 9.17) is 9.47 Å². The van der Waals surface area contributed by atoms with Gasteiger partial charge >= 0.3 is 5.97 Å². The molecule has 2 bridgehead atoms. The minimum Gasteiger partial charge on any atom is -0.427 e. The van der Waals surface area contributed by atoms with Gasteiger partial charge in [-0.2, -0.15) is 0 Å². The van der Waals surface area contributed by atoms with Crippen LogP contribution in [-0.2, 0) is 19.1 Å². The number of aliphatic hydroxyl groups is 1. The number of hydrogen-bond acceptors (Lipinski definition) is 6. The Morgan fingerprint density at radius 3 is 2.62 bits per heavy atom. The van der Waals surface area contributed by atoms with E-state index in [9.17, 15) is 19.5 Å². The van der Waals surface area contributed by atoms with Crippen molar-refractivity contribution >= 4 is 23.5 Å². The first-order valence-electron chi connectivity index (χ1n) is 7.61. The number of esters is 1. The third-order valence-corrected chi connectivity index (χ3v) is 4.76. The number of anilines is 1. The molecule has 7 nitrogen and oxygen atoms in total. The number of imide groups is 1. The van der Waals surface area contributed by atoms with Crippen molar-refractivity contribution in [2.75, 3.05) is 11.5 Å². The van der Waals surface area contributed by atoms with Gasteiger partial charge in [0.05, 0.1) is 30.2 Å². The number of aliphatic hydroxyl groups excluding tert-OH is 1. The van der Waals surface area contributed by atoms with Crippen LogP contribution in [0.4, 0.5) is 5.69 Å². The molecular formula is C17H15NO6. The van der Waals surface area contributed by atoms with Crippen LogP contribution in [0.25, 0.3) is 0 Å². The highest BCUT2D eigenvalue weighted by molar-refractivity contribution is 6.23. The summed E-state index contributed by atoms with van der Waals surface area (Å²) < 4.78 is 10.6. The van der Waals surface area contributed by atoms with E-state index in [1.54, 1.807) is 24.3 Å². The lowest BCUT2D eigenvalue weighted by molar-refractivity contribution is -0.132. The number of fused-ring (bicyclic) bond motifs is 5. The smallest absolute Gasteiger partial charge is 0.308 e. The van der Waals surface area contributed by atoms with Crippen LogP contribution in [0.5, 0.6) is 5.75 Å². The maximum Gasteiger partial charge on any atom is 0.308 e. The molecule has 0 saturated carbocycles. The van der Waals surface area contributed by atoms with Crippen molar-refractivity contribution in [1.29, 1.82) is 0 Å². The van der Waals surface area contributed by atoms with Gasteiger partial charge in [0.1, 0.15) is 11.4 Å². The summed E-state index contributed by atoms with van der Waals surface area (Å²) in [6, 6.07) is 6.15. The monoisotopic (exact) mass is 329 g/mol. The summed E-state index contributed by atoms with van der Waals surface area (Å²) >= 11 is 0. The van der Waals surface area contributed by atoms with Gasteiger partial charge in [-0.15, -0.1) is 0 Å². The number of hydrogen-bond donors (Lipinski definition) is 1. The molecule has 4 rings (SSSR count). The molecule has 1 aromatic rings. The Labute approximate surface area is 137 Å². The number of nitrogens with zero attached hydrogens (tertiary/aromatic N) is 1. The topological polar surface area (TPSA) is 93.1 Å². The fourth-order valence-electron chi connectivity index (χ4n) is 3.77. The fourth-order valence-corrected chi connectivity index (χ4v) is 3.77. The minimum atomic E-state index is -1.10. The molecule has 4 atom stereocenters. The van der Waals surface area contributed by atoms with Gasteiger partial charge in [-0.25, -0.2) is 4.90 Å². The second-order valence-electron chi connectivity index (χ2n) is 6.16. The number of rotatable bonds is 3. The summed E-state index contributed by atoms with van der Waals surface area (Å²) in [4.78, 5) is 37.6. The lowest BCUT2D eigenvalue weighted by Gasteiger charge is -2.26. The summed E-state index contributed by atoms with van der Waals surface area (Å²) in [5.41, 5.74) is -0.697. The van der Waals surface area contributed by atoms with Crippen molar-refractivity contribution in [2.45, 2.75) is 18.6 Å². The van der Waals surface area contributed by atoms with Gasteiger partial charge in [-0.1, -0.05) is 12.2 Å². The lowest BCUT2D eigenvalue weighted by atomic mass is 9.77. The standard InChI is InChI=1S/C17H15NO6/c1-9(20)23-11-4-2-10(3-5-11)18-15(21)13-12-6-7-17(8-19,24-12)14(13)16(18)22/h2-7,12-14,19H,8H2,1H3/t12-,13+,14-,17-/m0/s1. The van der Waals surface area contributed by atoms with Crippen LogP contribution in [0.3, 0.4) is 0 Å². The Kier molecular flexibility index (Phi) is 3.13. The van der Waals surface area contributed by atoms with E-state index in [1.807, 2.05) is 0 Å². The average Bonchev–Trinajstić information content (AvgIpc) is 3.19. The zero-order valence-electron chi connectivity index (χ0n) is 12.8. The zero-order chi connectivity index (χ0) is 17.1. The van der Waals surface area contributed by atoms with Crippen molar-refractivity contribution in [2.24, 2.45) is 11.8 Å². The van der Waals surface area contributed by atoms with Crippen molar-refractivity contribution < 1.29 is 29.0 Å². The third-order valence-electron chi connectivity index (χ3n) is 4.76. The highest BCUT2D eigenvalue weighted by Gasteiger charge is 2.67. The molecule has 7 heteroatoms. The van der Waals surface area contributed by atoms with Crippen LogP contribution in [0.1, 0.15) is 6.92 Å². The Balaban J connectivity index is 1.65. The molecular weight excluding hydrogens is 314 g/mol. The van der Waals surface area contributed by atoms with E-state index in [-0.39, 0.29) is 18.4 Å². The quantitative estimate of drug-likeness (QED) is 0.374. The molecule has 0 aliphatic carbocycles. The molecule has 2 amide bonds. The Morgan fingerprint density at radius 2 is 2.00 bits per heavy atom. The van der Waals surface area contributed by atoms with Gasteiger partial charge in [-0.3, -0.25) is 14.4 Å². The Hall–Kier alpha value is -2.51. The molecule has 1 aromatic carbocycles. The van der Waals surface area contributed by atoms with Crippen LogP contribution >= 0.6 is 0 Å². The van der Waals surface area contributed by atoms with E-state index >= 15 is 0 Å². The van der Waals surface area contributed by atoms with Gasteiger partial charge < -0.3 is 14.6 Å². The maximum absolute atomic E-state index is 12.8. The first kappa shape index (κ1) is 15.0. The van der Waals surface area contributed by atoms with Crippen molar-refractivity contribution in [3.63, 3.8) is 0 Å². The lowest BCUT2D eigenvalue weighted by Crippen LogP contribution is -2.43. The number of carbonyl (C=O) groups is 3. The molecule has 124 valence electrons. The molecule has 0 unspecified atom stereocenters. The third kappa shape index (κ3) is 1.88. The molecule has 0 spiro atoms. The fraction of sp³-hybridized carbons (Fsp3) is 0.353. The van der Waals surface area contributed by atoms with E-state index in [2.05, 4.69) is 0 Å².